The third-order valence-corrected chi connectivity index (χ3v) is 5.91. The van der Waals surface area contributed by atoms with Crippen LogP contribution in [0.3, 0.4) is 0 Å². The molecule has 3 heterocycles. The number of thiazole rings is 1. The molecular formula is C20H21N3OS. The minimum Gasteiger partial charge on any atom is -0.338 e. The van der Waals surface area contributed by atoms with Gasteiger partial charge in [0.1, 0.15) is 4.88 Å². The fraction of sp³-hybridized carbons (Fsp3) is 0.350. The van der Waals surface area contributed by atoms with Gasteiger partial charge in [0.15, 0.2) is 0 Å². The molecule has 2 aromatic heterocycles. The van der Waals surface area contributed by atoms with Crippen LogP contribution >= 0.6 is 11.3 Å². The number of piperidine rings is 1. The van der Waals surface area contributed by atoms with Gasteiger partial charge in [0.2, 0.25) is 0 Å². The Morgan fingerprint density at radius 1 is 1.28 bits per heavy atom. The first-order chi connectivity index (χ1) is 12.2. The maximum Gasteiger partial charge on any atom is 0.265 e. The minimum atomic E-state index is 0.143. The molecule has 1 amide bonds. The summed E-state index contributed by atoms with van der Waals surface area (Å²) in [7, 11) is 0. The van der Waals surface area contributed by atoms with Gasteiger partial charge in [-0.2, -0.15) is 0 Å². The lowest BCUT2D eigenvalue weighted by Gasteiger charge is -2.33. The lowest BCUT2D eigenvalue weighted by molar-refractivity contribution is 0.0677. The molecule has 4 rings (SSSR count). The van der Waals surface area contributed by atoms with E-state index in [0.29, 0.717) is 5.92 Å². The summed E-state index contributed by atoms with van der Waals surface area (Å²) in [4.78, 5) is 24.2. The van der Waals surface area contributed by atoms with E-state index in [9.17, 15) is 4.79 Å². The van der Waals surface area contributed by atoms with Gasteiger partial charge in [-0.3, -0.25) is 9.78 Å². The van der Waals surface area contributed by atoms with Crippen LogP contribution < -0.4 is 0 Å². The highest BCUT2D eigenvalue weighted by Gasteiger charge is 2.26. The van der Waals surface area contributed by atoms with Crippen molar-refractivity contribution in [1.82, 2.24) is 14.9 Å². The highest BCUT2D eigenvalue weighted by molar-refractivity contribution is 7.11. The zero-order valence-electron chi connectivity index (χ0n) is 14.3. The first-order valence-electron chi connectivity index (χ1n) is 8.74. The van der Waals surface area contributed by atoms with Gasteiger partial charge in [-0.05, 0) is 49.8 Å². The van der Waals surface area contributed by atoms with Crippen molar-refractivity contribution in [1.29, 1.82) is 0 Å². The number of para-hydroxylation sites is 1. The Balaban J connectivity index is 1.52. The molecule has 0 radical (unpaired) electrons. The van der Waals surface area contributed by atoms with Crippen LogP contribution in [0.15, 0.2) is 42.0 Å². The number of nitrogens with zero attached hydrogens (tertiary/aromatic N) is 3. The number of carbonyl (C=O) groups excluding carboxylic acids is 1. The fourth-order valence-electron chi connectivity index (χ4n) is 3.71. The SMILES string of the molecule is Cc1ncsc1C(=O)N1CCCC(Cc2ccnc3ccccc23)C1. The second-order valence-corrected chi connectivity index (χ2v) is 7.57. The van der Waals surface area contributed by atoms with Crippen molar-refractivity contribution < 1.29 is 4.79 Å². The van der Waals surface area contributed by atoms with Crippen LogP contribution in [0, 0.1) is 12.8 Å². The van der Waals surface area contributed by atoms with Crippen molar-refractivity contribution in [2.24, 2.45) is 5.92 Å². The van der Waals surface area contributed by atoms with E-state index in [4.69, 9.17) is 0 Å². The average Bonchev–Trinajstić information content (AvgIpc) is 3.08. The number of aryl methyl sites for hydroxylation is 1. The van der Waals surface area contributed by atoms with Crippen LogP contribution in [0.5, 0.6) is 0 Å². The van der Waals surface area contributed by atoms with Gasteiger partial charge in [0.25, 0.3) is 5.91 Å². The molecule has 1 fully saturated rings. The minimum absolute atomic E-state index is 0.143. The van der Waals surface area contributed by atoms with E-state index in [1.807, 2.05) is 24.1 Å². The van der Waals surface area contributed by atoms with E-state index in [-0.39, 0.29) is 5.91 Å². The van der Waals surface area contributed by atoms with Crippen LogP contribution in [0.25, 0.3) is 10.9 Å². The molecule has 5 heteroatoms. The number of likely N-dealkylation sites (tertiary alicyclic amines) is 1. The summed E-state index contributed by atoms with van der Waals surface area (Å²) in [6, 6.07) is 10.4. The summed E-state index contributed by atoms with van der Waals surface area (Å²) in [5.41, 5.74) is 4.98. The van der Waals surface area contributed by atoms with Gasteiger partial charge in [-0.15, -0.1) is 11.3 Å². The Bertz CT molecular complexity index is 899. The first-order valence-corrected chi connectivity index (χ1v) is 9.62. The summed E-state index contributed by atoms with van der Waals surface area (Å²) >= 11 is 1.45. The maximum absolute atomic E-state index is 12.8. The third-order valence-electron chi connectivity index (χ3n) is 4.99. The first kappa shape index (κ1) is 16.2. The van der Waals surface area contributed by atoms with Crippen LogP contribution in [0.1, 0.15) is 33.8 Å². The van der Waals surface area contributed by atoms with Crippen LogP contribution in [0.2, 0.25) is 0 Å². The Kier molecular flexibility index (Phi) is 4.49. The zero-order chi connectivity index (χ0) is 17.2. The Morgan fingerprint density at radius 2 is 2.16 bits per heavy atom. The smallest absolute Gasteiger partial charge is 0.265 e. The number of hydrogen-bond donors (Lipinski definition) is 0. The molecule has 1 unspecified atom stereocenters. The molecule has 25 heavy (non-hydrogen) atoms. The standard InChI is InChI=1S/C20H21N3OS/c1-14-19(25-13-22-14)20(24)23-10-4-5-15(12-23)11-16-8-9-21-18-7-3-2-6-17(16)18/h2-3,6-9,13,15H,4-5,10-12H2,1H3. The molecule has 0 bridgehead atoms. The van der Waals surface area contributed by atoms with Crippen LogP contribution in [0.4, 0.5) is 0 Å². The maximum atomic E-state index is 12.8. The van der Waals surface area contributed by atoms with E-state index in [1.165, 1.54) is 28.7 Å². The molecular weight excluding hydrogens is 330 g/mol. The van der Waals surface area contributed by atoms with Gasteiger partial charge in [0.05, 0.1) is 16.7 Å². The summed E-state index contributed by atoms with van der Waals surface area (Å²) in [5, 5.41) is 1.23. The summed E-state index contributed by atoms with van der Waals surface area (Å²) in [5.74, 6) is 0.640. The molecule has 1 aliphatic heterocycles. The average molecular weight is 351 g/mol. The molecule has 128 valence electrons. The third kappa shape index (κ3) is 3.29. The number of rotatable bonds is 3. The number of hydrogen-bond acceptors (Lipinski definition) is 4. The Morgan fingerprint density at radius 3 is 3.00 bits per heavy atom. The molecule has 0 aliphatic carbocycles. The highest BCUT2D eigenvalue weighted by Crippen LogP contribution is 2.26. The number of benzene rings is 1. The number of fused-ring (bicyclic) bond motifs is 1. The van der Waals surface area contributed by atoms with Gasteiger partial charge in [0, 0.05) is 24.7 Å². The molecule has 1 aliphatic rings. The summed E-state index contributed by atoms with van der Waals surface area (Å²) in [6.07, 6.45) is 5.12. The molecule has 1 atom stereocenters. The van der Waals surface area contributed by atoms with Gasteiger partial charge >= 0.3 is 0 Å². The van der Waals surface area contributed by atoms with Crippen molar-refractivity contribution >= 4 is 28.1 Å². The zero-order valence-corrected chi connectivity index (χ0v) is 15.1. The number of amides is 1. The lowest BCUT2D eigenvalue weighted by atomic mass is 9.90. The molecule has 0 spiro atoms. The quantitative estimate of drug-likeness (QED) is 0.714. The van der Waals surface area contributed by atoms with E-state index in [1.54, 1.807) is 5.51 Å². The largest absolute Gasteiger partial charge is 0.338 e. The molecule has 3 aromatic rings. The monoisotopic (exact) mass is 351 g/mol. The Hall–Kier alpha value is -2.27. The molecule has 0 saturated carbocycles. The molecule has 4 nitrogen and oxygen atoms in total. The molecule has 0 N–H and O–H groups in total. The van der Waals surface area contributed by atoms with E-state index >= 15 is 0 Å². The van der Waals surface area contributed by atoms with Crippen molar-refractivity contribution in [3.8, 4) is 0 Å². The predicted molar refractivity (Wildman–Crippen MR) is 101 cm³/mol. The van der Waals surface area contributed by atoms with Crippen molar-refractivity contribution in [2.75, 3.05) is 13.1 Å². The predicted octanol–water partition coefficient (Wildman–Crippen LogP) is 4.09. The van der Waals surface area contributed by atoms with E-state index in [2.05, 4.69) is 34.2 Å². The van der Waals surface area contributed by atoms with Gasteiger partial charge in [-0.1, -0.05) is 18.2 Å². The Labute approximate surface area is 151 Å². The normalized spacial score (nSPS) is 17.8. The van der Waals surface area contributed by atoms with Crippen LogP contribution in [-0.2, 0) is 6.42 Å². The highest BCUT2D eigenvalue weighted by atomic mass is 32.1. The van der Waals surface area contributed by atoms with Crippen molar-refractivity contribution in [3.63, 3.8) is 0 Å². The fourth-order valence-corrected chi connectivity index (χ4v) is 4.48. The van der Waals surface area contributed by atoms with Crippen molar-refractivity contribution in [2.45, 2.75) is 26.2 Å². The number of carbonyl (C=O) groups is 1. The van der Waals surface area contributed by atoms with E-state index in [0.717, 1.165) is 42.0 Å². The lowest BCUT2D eigenvalue weighted by Crippen LogP contribution is -2.40. The number of pyridine rings is 1. The second-order valence-electron chi connectivity index (χ2n) is 6.72. The molecule has 1 saturated heterocycles. The second kappa shape index (κ2) is 6.92. The van der Waals surface area contributed by atoms with Gasteiger partial charge in [-0.25, -0.2) is 4.98 Å². The summed E-state index contributed by atoms with van der Waals surface area (Å²) < 4.78 is 0. The topological polar surface area (TPSA) is 46.1 Å². The number of aromatic nitrogens is 2. The summed E-state index contributed by atoms with van der Waals surface area (Å²) in [6.45, 7) is 3.59. The molecule has 1 aromatic carbocycles. The van der Waals surface area contributed by atoms with Gasteiger partial charge < -0.3 is 4.90 Å². The van der Waals surface area contributed by atoms with E-state index < -0.39 is 0 Å². The van der Waals surface area contributed by atoms with Crippen LogP contribution in [-0.4, -0.2) is 33.9 Å². The van der Waals surface area contributed by atoms with Crippen molar-refractivity contribution in [3.05, 3.63) is 58.2 Å².